The molecule has 0 fully saturated rings. The molecule has 1 heterocycles. The van der Waals surface area contributed by atoms with Crippen LogP contribution in [-0.4, -0.2) is 40.6 Å². The Bertz CT molecular complexity index is 768. The van der Waals surface area contributed by atoms with Gasteiger partial charge in [-0.2, -0.15) is 0 Å². The molecule has 9 nitrogen and oxygen atoms in total. The van der Waals surface area contributed by atoms with E-state index in [2.05, 4.69) is 14.5 Å². The largest absolute Gasteiger partial charge is 0.464 e. The highest BCUT2D eigenvalue weighted by atomic mass is 16.6. The number of benzene rings is 1. The maximum absolute atomic E-state index is 11.9. The van der Waals surface area contributed by atoms with Crippen LogP contribution < -0.4 is 0 Å². The fourth-order valence-corrected chi connectivity index (χ4v) is 2.07. The van der Waals surface area contributed by atoms with Gasteiger partial charge < -0.3 is 14.0 Å². The lowest BCUT2D eigenvalue weighted by atomic mass is 10.1. The van der Waals surface area contributed by atoms with Gasteiger partial charge in [-0.15, -0.1) is 0 Å². The van der Waals surface area contributed by atoms with Gasteiger partial charge in [-0.1, -0.05) is 18.2 Å². The number of hydrogen-bond donors (Lipinski definition) is 0. The molecular weight excluding hydrogens is 306 g/mol. The number of carbonyl (C=O) groups excluding carboxylic acids is 2. The number of esters is 2. The van der Waals surface area contributed by atoms with Crippen molar-refractivity contribution in [1.82, 2.24) is 9.55 Å². The summed E-state index contributed by atoms with van der Waals surface area (Å²) in [7, 11) is 2.32. The summed E-state index contributed by atoms with van der Waals surface area (Å²) < 4.78 is 10.5. The Morgan fingerprint density at radius 1 is 1.22 bits per heavy atom. The number of hydrogen-bond acceptors (Lipinski definition) is 7. The summed E-state index contributed by atoms with van der Waals surface area (Å²) in [5, 5.41) is 11.1. The summed E-state index contributed by atoms with van der Waals surface area (Å²) in [6.45, 7) is -0.0222. The molecule has 1 aromatic heterocycles. The molecule has 0 amide bonds. The number of imidazole rings is 1. The third kappa shape index (κ3) is 3.18. The zero-order valence-corrected chi connectivity index (χ0v) is 12.4. The summed E-state index contributed by atoms with van der Waals surface area (Å²) in [6.07, 6.45) is 1.23. The first-order valence-corrected chi connectivity index (χ1v) is 6.43. The lowest BCUT2D eigenvalue weighted by Crippen LogP contribution is -2.16. The summed E-state index contributed by atoms with van der Waals surface area (Å²) in [5.74, 6) is -1.59. The number of nitrogens with zero attached hydrogens (tertiary/aromatic N) is 3. The number of nitro benzene ring substituents is 1. The number of methoxy groups -OCH3 is 2. The highest BCUT2D eigenvalue weighted by molar-refractivity contribution is 6.00. The van der Waals surface area contributed by atoms with Gasteiger partial charge in [0.05, 0.1) is 32.0 Å². The summed E-state index contributed by atoms with van der Waals surface area (Å²) in [4.78, 5) is 38.0. The van der Waals surface area contributed by atoms with Crippen molar-refractivity contribution in [2.75, 3.05) is 14.2 Å². The first-order valence-electron chi connectivity index (χ1n) is 6.43. The molecule has 0 N–H and O–H groups in total. The Balaban J connectivity index is 2.49. The van der Waals surface area contributed by atoms with E-state index in [4.69, 9.17) is 0 Å². The Labute approximate surface area is 130 Å². The Morgan fingerprint density at radius 3 is 2.48 bits per heavy atom. The predicted molar refractivity (Wildman–Crippen MR) is 77.1 cm³/mol. The molecule has 2 aromatic rings. The highest BCUT2D eigenvalue weighted by Crippen LogP contribution is 2.21. The van der Waals surface area contributed by atoms with Gasteiger partial charge in [0.25, 0.3) is 5.69 Å². The number of para-hydroxylation sites is 1. The van der Waals surface area contributed by atoms with Gasteiger partial charge in [-0.3, -0.25) is 10.1 Å². The number of nitro groups is 1. The van der Waals surface area contributed by atoms with Crippen LogP contribution in [0.4, 0.5) is 5.69 Å². The molecule has 0 aliphatic heterocycles. The minimum absolute atomic E-state index is 0.0222. The second-order valence-electron chi connectivity index (χ2n) is 4.44. The fraction of sp³-hybridized carbons (Fsp3) is 0.214. The van der Waals surface area contributed by atoms with E-state index in [1.165, 1.54) is 23.0 Å². The van der Waals surface area contributed by atoms with Crippen LogP contribution in [0.3, 0.4) is 0 Å². The van der Waals surface area contributed by atoms with Crippen LogP contribution in [0, 0.1) is 10.1 Å². The van der Waals surface area contributed by atoms with Crippen LogP contribution >= 0.6 is 0 Å². The maximum atomic E-state index is 11.9. The van der Waals surface area contributed by atoms with Crippen LogP contribution in [0.15, 0.2) is 30.6 Å². The number of rotatable bonds is 5. The van der Waals surface area contributed by atoms with Crippen molar-refractivity contribution in [3.8, 4) is 0 Å². The molecule has 9 heteroatoms. The first-order chi connectivity index (χ1) is 11.0. The molecule has 0 saturated carbocycles. The molecule has 0 saturated heterocycles. The third-order valence-electron chi connectivity index (χ3n) is 3.12. The highest BCUT2D eigenvalue weighted by Gasteiger charge is 2.26. The molecular formula is C14H13N3O6. The smallest absolute Gasteiger partial charge is 0.359 e. The second-order valence-corrected chi connectivity index (χ2v) is 4.44. The van der Waals surface area contributed by atoms with Crippen molar-refractivity contribution in [2.24, 2.45) is 0 Å². The molecule has 0 aliphatic rings. The lowest BCUT2D eigenvalue weighted by molar-refractivity contribution is -0.385. The van der Waals surface area contributed by atoms with Crippen molar-refractivity contribution in [3.63, 3.8) is 0 Å². The average molecular weight is 319 g/mol. The van der Waals surface area contributed by atoms with Crippen molar-refractivity contribution in [2.45, 2.75) is 6.54 Å². The Kier molecular flexibility index (Phi) is 4.69. The van der Waals surface area contributed by atoms with Crippen LogP contribution in [0.1, 0.15) is 26.5 Å². The number of aromatic nitrogens is 2. The summed E-state index contributed by atoms with van der Waals surface area (Å²) >= 11 is 0. The van der Waals surface area contributed by atoms with Crippen molar-refractivity contribution < 1.29 is 24.0 Å². The molecule has 0 radical (unpaired) electrons. The van der Waals surface area contributed by atoms with Gasteiger partial charge in [-0.25, -0.2) is 14.6 Å². The molecule has 1 aromatic carbocycles. The average Bonchev–Trinajstić information content (AvgIpc) is 2.97. The van der Waals surface area contributed by atoms with Crippen molar-refractivity contribution in [3.05, 3.63) is 57.7 Å². The van der Waals surface area contributed by atoms with Gasteiger partial charge in [0.15, 0.2) is 11.4 Å². The van der Waals surface area contributed by atoms with Gasteiger partial charge >= 0.3 is 11.9 Å². The first kappa shape index (κ1) is 16.1. The van der Waals surface area contributed by atoms with Gasteiger partial charge in [0.2, 0.25) is 0 Å². The molecule has 0 bridgehead atoms. The molecule has 0 atom stereocenters. The van der Waals surface area contributed by atoms with E-state index in [0.717, 1.165) is 14.2 Å². The van der Waals surface area contributed by atoms with Crippen molar-refractivity contribution >= 4 is 17.6 Å². The van der Waals surface area contributed by atoms with E-state index >= 15 is 0 Å². The fourth-order valence-electron chi connectivity index (χ4n) is 2.07. The van der Waals surface area contributed by atoms with E-state index in [0.29, 0.717) is 5.56 Å². The Hall–Kier alpha value is -3.23. The minimum atomic E-state index is -0.799. The quantitative estimate of drug-likeness (QED) is 0.465. The van der Waals surface area contributed by atoms with E-state index < -0.39 is 16.9 Å². The molecule has 2 rings (SSSR count). The molecule has 0 spiro atoms. The topological polar surface area (TPSA) is 114 Å². The third-order valence-corrected chi connectivity index (χ3v) is 3.12. The SMILES string of the molecule is COC(=O)c1ncn(Cc2ccccc2[N+](=O)[O-])c1C(=O)OC. The minimum Gasteiger partial charge on any atom is -0.464 e. The van der Waals surface area contributed by atoms with E-state index in [-0.39, 0.29) is 23.6 Å². The molecule has 120 valence electrons. The van der Waals surface area contributed by atoms with E-state index in [9.17, 15) is 19.7 Å². The summed E-state index contributed by atoms with van der Waals surface area (Å²) in [6, 6.07) is 6.08. The van der Waals surface area contributed by atoms with Crippen LogP contribution in [0.2, 0.25) is 0 Å². The van der Waals surface area contributed by atoms with Gasteiger partial charge in [0, 0.05) is 11.6 Å². The standard InChI is InChI=1S/C14H13N3O6/c1-22-13(18)11-12(14(19)23-2)16(8-15-11)7-9-5-3-4-6-10(9)17(20)21/h3-6,8H,7H2,1-2H3. The van der Waals surface area contributed by atoms with Crippen LogP contribution in [0.5, 0.6) is 0 Å². The second kappa shape index (κ2) is 6.69. The van der Waals surface area contributed by atoms with E-state index in [1.54, 1.807) is 12.1 Å². The maximum Gasteiger partial charge on any atom is 0.359 e. The molecule has 0 unspecified atom stereocenters. The summed E-state index contributed by atoms with van der Waals surface area (Å²) in [5.41, 5.74) is -0.0801. The number of ether oxygens (including phenoxy) is 2. The Morgan fingerprint density at radius 2 is 1.87 bits per heavy atom. The number of carbonyl (C=O) groups is 2. The normalized spacial score (nSPS) is 10.2. The monoisotopic (exact) mass is 319 g/mol. The molecule has 0 aliphatic carbocycles. The van der Waals surface area contributed by atoms with Gasteiger partial charge in [0.1, 0.15) is 0 Å². The van der Waals surface area contributed by atoms with Crippen molar-refractivity contribution in [1.29, 1.82) is 0 Å². The van der Waals surface area contributed by atoms with E-state index in [1.807, 2.05) is 0 Å². The van der Waals surface area contributed by atoms with Crippen LogP contribution in [0.25, 0.3) is 0 Å². The zero-order valence-electron chi connectivity index (χ0n) is 12.4. The van der Waals surface area contributed by atoms with Crippen LogP contribution in [-0.2, 0) is 16.0 Å². The predicted octanol–water partition coefficient (Wildman–Crippen LogP) is 1.41. The van der Waals surface area contributed by atoms with Gasteiger partial charge in [-0.05, 0) is 0 Å². The lowest BCUT2D eigenvalue weighted by Gasteiger charge is -2.08. The zero-order chi connectivity index (χ0) is 17.0. The molecule has 23 heavy (non-hydrogen) atoms.